The highest BCUT2D eigenvalue weighted by molar-refractivity contribution is 6.12. The molecule has 1 heterocycles. The molecule has 0 unspecified atom stereocenters. The van der Waals surface area contributed by atoms with E-state index in [1.807, 2.05) is 13.8 Å². The number of hydrogen-bond donors (Lipinski definition) is 2. The van der Waals surface area contributed by atoms with Gasteiger partial charge in [0.2, 0.25) is 5.91 Å². The van der Waals surface area contributed by atoms with Gasteiger partial charge in [-0.2, -0.15) is 0 Å². The molecule has 0 fully saturated rings. The van der Waals surface area contributed by atoms with Crippen LogP contribution in [0.3, 0.4) is 0 Å². The van der Waals surface area contributed by atoms with E-state index in [1.165, 1.54) is 12.2 Å². The average Bonchev–Trinajstić information content (AvgIpc) is 2.77. The van der Waals surface area contributed by atoms with Gasteiger partial charge in [0.25, 0.3) is 11.8 Å². The molecule has 21 heavy (non-hydrogen) atoms. The van der Waals surface area contributed by atoms with Gasteiger partial charge in [-0.1, -0.05) is 20.8 Å². The first kappa shape index (κ1) is 21.3. The minimum Gasteiger partial charge on any atom is -0.338 e. The molecule has 3 amide bonds. The number of Topliss-reactive ketones (excluding diaryl/α,β-unsaturated/α-hetero) is 1. The second-order valence-electron chi connectivity index (χ2n) is 4.01. The Labute approximate surface area is 125 Å². The molecule has 1 aliphatic rings. The van der Waals surface area contributed by atoms with Gasteiger partial charge in [-0.05, 0) is 13.5 Å². The highest BCUT2D eigenvalue weighted by Crippen LogP contribution is 2.00. The number of amides is 3. The maximum Gasteiger partial charge on any atom is 0.255 e. The zero-order valence-electron chi connectivity index (χ0n) is 13.1. The fraction of sp³-hybridized carbons (Fsp3) is 0.571. The van der Waals surface area contributed by atoms with Crippen LogP contribution in [0.25, 0.3) is 0 Å². The summed E-state index contributed by atoms with van der Waals surface area (Å²) >= 11 is 0. The van der Waals surface area contributed by atoms with E-state index in [0.29, 0.717) is 12.8 Å². The van der Waals surface area contributed by atoms with E-state index in [2.05, 4.69) is 5.32 Å². The second kappa shape index (κ2) is 13.0. The minimum absolute atomic E-state index is 0.0443. The van der Waals surface area contributed by atoms with Crippen LogP contribution in [0.2, 0.25) is 0 Å². The van der Waals surface area contributed by atoms with Gasteiger partial charge in [0, 0.05) is 25.0 Å². The average molecular weight is 299 g/mol. The number of ketones is 1. The molecule has 0 aliphatic carbocycles. The first-order chi connectivity index (χ1) is 9.83. The van der Waals surface area contributed by atoms with Gasteiger partial charge in [0.05, 0.1) is 0 Å². The number of nitrogens with one attached hydrogen (secondary N) is 1. The first-order valence-electron chi connectivity index (χ1n) is 6.83. The number of carbonyl (C=O) groups is 4. The van der Waals surface area contributed by atoms with Gasteiger partial charge in [0.1, 0.15) is 12.5 Å². The molecule has 3 N–H and O–H groups in total. The molecule has 0 bridgehead atoms. The molecule has 0 aromatic carbocycles. The van der Waals surface area contributed by atoms with Gasteiger partial charge in [-0.3, -0.25) is 19.3 Å². The minimum atomic E-state index is -0.388. The highest BCUT2D eigenvalue weighted by atomic mass is 16.2. The number of imide groups is 1. The lowest BCUT2D eigenvalue weighted by atomic mass is 10.4. The predicted molar refractivity (Wildman–Crippen MR) is 80.0 cm³/mol. The van der Waals surface area contributed by atoms with Crippen molar-refractivity contribution in [2.24, 2.45) is 5.73 Å². The summed E-state index contributed by atoms with van der Waals surface area (Å²) in [6, 6.07) is 0. The molecule has 0 aromatic rings. The first-order valence-corrected chi connectivity index (χ1v) is 6.83. The Hall–Kier alpha value is -2.02. The van der Waals surface area contributed by atoms with Crippen LogP contribution in [-0.2, 0) is 19.2 Å². The number of nitrogens with zero attached hydrogens (tertiary/aromatic N) is 1. The molecule has 1 rings (SSSR count). The van der Waals surface area contributed by atoms with Crippen molar-refractivity contribution in [3.63, 3.8) is 0 Å². The molecule has 0 saturated heterocycles. The highest BCUT2D eigenvalue weighted by Gasteiger charge is 2.22. The monoisotopic (exact) mass is 299 g/mol. The molecule has 0 atom stereocenters. The van der Waals surface area contributed by atoms with Gasteiger partial charge >= 0.3 is 0 Å². The van der Waals surface area contributed by atoms with Gasteiger partial charge in [0.15, 0.2) is 0 Å². The van der Waals surface area contributed by atoms with Crippen molar-refractivity contribution in [1.29, 1.82) is 0 Å². The van der Waals surface area contributed by atoms with E-state index in [0.717, 1.165) is 11.4 Å². The summed E-state index contributed by atoms with van der Waals surface area (Å²) in [7, 11) is 0. The van der Waals surface area contributed by atoms with Gasteiger partial charge in [-0.25, -0.2) is 0 Å². The van der Waals surface area contributed by atoms with E-state index in [9.17, 15) is 19.2 Å². The van der Waals surface area contributed by atoms with E-state index >= 15 is 0 Å². The van der Waals surface area contributed by atoms with Gasteiger partial charge in [-0.15, -0.1) is 0 Å². The summed E-state index contributed by atoms with van der Waals surface area (Å²) in [5.41, 5.74) is 4.85. The maximum absolute atomic E-state index is 11.0. The SMILES string of the molecule is CCC(=O)NCN1C(=O)C=CC1=O.CCC(C)=O.CCN. The topological polar surface area (TPSA) is 110 Å². The van der Waals surface area contributed by atoms with E-state index in [4.69, 9.17) is 5.73 Å². The fourth-order valence-electron chi connectivity index (χ4n) is 0.879. The molecule has 0 aromatic heterocycles. The summed E-state index contributed by atoms with van der Waals surface area (Å²) in [6.07, 6.45) is 3.37. The standard InChI is InChI=1S/C8H10N2O3.C4H8O.C2H7N/c1-2-6(11)9-5-10-7(12)3-4-8(10)13;1-3-4(2)5;1-2-3/h3-4H,2,5H2,1H3,(H,9,11);3H2,1-2H3;2-3H2,1H3. The summed E-state index contributed by atoms with van der Waals surface area (Å²) in [5.74, 6) is -0.708. The predicted octanol–water partition coefficient (Wildman–Crippen LogP) is 0.346. The third-order valence-corrected chi connectivity index (χ3v) is 2.15. The van der Waals surface area contributed by atoms with Crippen molar-refractivity contribution < 1.29 is 19.2 Å². The maximum atomic E-state index is 11.0. The number of carbonyl (C=O) groups excluding carboxylic acids is 4. The van der Waals surface area contributed by atoms with Gasteiger partial charge < -0.3 is 15.8 Å². The molecule has 7 heteroatoms. The summed E-state index contributed by atoms with van der Waals surface area (Å²) in [4.78, 5) is 43.5. The lowest BCUT2D eigenvalue weighted by Crippen LogP contribution is -2.40. The number of hydrogen-bond acceptors (Lipinski definition) is 5. The lowest BCUT2D eigenvalue weighted by molar-refractivity contribution is -0.137. The Bertz CT molecular complexity index is 374. The van der Waals surface area contributed by atoms with E-state index in [-0.39, 0.29) is 30.2 Å². The fourth-order valence-corrected chi connectivity index (χ4v) is 0.879. The Kier molecular flexibility index (Phi) is 13.2. The zero-order chi connectivity index (χ0) is 16.8. The molecule has 0 radical (unpaired) electrons. The van der Waals surface area contributed by atoms with Crippen LogP contribution in [0.1, 0.15) is 40.5 Å². The van der Waals surface area contributed by atoms with E-state index in [1.54, 1.807) is 13.8 Å². The number of rotatable bonds is 4. The summed E-state index contributed by atoms with van der Waals surface area (Å²) < 4.78 is 0. The Morgan fingerprint density at radius 1 is 1.10 bits per heavy atom. The molecule has 0 spiro atoms. The summed E-state index contributed by atoms with van der Waals surface area (Å²) in [5, 5.41) is 2.44. The van der Waals surface area contributed by atoms with Crippen LogP contribution in [0.15, 0.2) is 12.2 Å². The largest absolute Gasteiger partial charge is 0.338 e. The van der Waals surface area contributed by atoms with Crippen molar-refractivity contribution in [2.75, 3.05) is 13.2 Å². The van der Waals surface area contributed by atoms with Crippen LogP contribution >= 0.6 is 0 Å². The Morgan fingerprint density at radius 2 is 1.48 bits per heavy atom. The molecule has 120 valence electrons. The molecule has 7 nitrogen and oxygen atoms in total. The van der Waals surface area contributed by atoms with Crippen molar-refractivity contribution >= 4 is 23.5 Å². The van der Waals surface area contributed by atoms with Crippen molar-refractivity contribution in [1.82, 2.24) is 10.2 Å². The molecule has 0 saturated carbocycles. The van der Waals surface area contributed by atoms with Crippen LogP contribution in [0.5, 0.6) is 0 Å². The van der Waals surface area contributed by atoms with Crippen LogP contribution in [0, 0.1) is 0 Å². The van der Waals surface area contributed by atoms with Crippen molar-refractivity contribution in [3.8, 4) is 0 Å². The van der Waals surface area contributed by atoms with E-state index < -0.39 is 0 Å². The number of nitrogens with two attached hydrogens (primary N) is 1. The quantitative estimate of drug-likeness (QED) is 0.728. The summed E-state index contributed by atoms with van der Waals surface area (Å²) in [6.45, 7) is 7.74. The van der Waals surface area contributed by atoms with Crippen LogP contribution < -0.4 is 11.1 Å². The van der Waals surface area contributed by atoms with Crippen LogP contribution in [-0.4, -0.2) is 41.6 Å². The third-order valence-electron chi connectivity index (χ3n) is 2.15. The normalized spacial score (nSPS) is 12.1. The molecular weight excluding hydrogens is 274 g/mol. The molecule has 1 aliphatic heterocycles. The second-order valence-corrected chi connectivity index (χ2v) is 4.01. The van der Waals surface area contributed by atoms with Crippen molar-refractivity contribution in [2.45, 2.75) is 40.5 Å². The Morgan fingerprint density at radius 3 is 1.76 bits per heavy atom. The Balaban J connectivity index is 0. The van der Waals surface area contributed by atoms with Crippen LogP contribution in [0.4, 0.5) is 0 Å². The zero-order valence-corrected chi connectivity index (χ0v) is 13.1. The smallest absolute Gasteiger partial charge is 0.255 e. The third kappa shape index (κ3) is 11.5. The lowest BCUT2D eigenvalue weighted by Gasteiger charge is -2.13. The molecular formula is C14H25N3O4. The van der Waals surface area contributed by atoms with Crippen molar-refractivity contribution in [3.05, 3.63) is 12.2 Å².